The number of benzene rings is 4. The molecule has 0 heterocycles. The molecule has 0 bridgehead atoms. The predicted molar refractivity (Wildman–Crippen MR) is 160 cm³/mol. The molecule has 0 N–H and O–H groups in total. The minimum Gasteiger partial charge on any atom is -0.0620 e. The highest BCUT2D eigenvalue weighted by atomic mass is 79.9. The Morgan fingerprint density at radius 2 is 0.800 bits per heavy atom. The van der Waals surface area contributed by atoms with Gasteiger partial charge in [-0.05, 0) is 68.8 Å². The molecule has 35 heavy (non-hydrogen) atoms. The maximum atomic E-state index is 3.69. The maximum absolute atomic E-state index is 3.69. The lowest BCUT2D eigenvalue weighted by atomic mass is 9.82. The molecule has 4 aromatic rings. The van der Waals surface area contributed by atoms with Gasteiger partial charge in [0.1, 0.15) is 8.07 Å². The van der Waals surface area contributed by atoms with E-state index in [0.717, 1.165) is 8.95 Å². The van der Waals surface area contributed by atoms with Gasteiger partial charge in [-0.15, -0.1) is 0 Å². The second kappa shape index (κ2) is 7.54. The van der Waals surface area contributed by atoms with Crippen LogP contribution in [0.5, 0.6) is 0 Å². The molecule has 0 aromatic heterocycles. The molecule has 0 unspecified atom stereocenters. The molecule has 3 heteroatoms. The highest BCUT2D eigenvalue weighted by molar-refractivity contribution is 9.10. The molecule has 0 radical (unpaired) electrons. The highest BCUT2D eigenvalue weighted by Crippen LogP contribution is 2.50. The largest absolute Gasteiger partial charge is 0.112 e. The Morgan fingerprint density at radius 3 is 1.17 bits per heavy atom. The lowest BCUT2D eigenvalue weighted by molar-refractivity contribution is 0.660. The third-order valence-electron chi connectivity index (χ3n) is 8.72. The van der Waals surface area contributed by atoms with Crippen molar-refractivity contribution in [3.63, 3.8) is 0 Å². The second-order valence-electron chi connectivity index (χ2n) is 11.8. The summed E-state index contributed by atoms with van der Waals surface area (Å²) in [5, 5.41) is 3.01. The summed E-state index contributed by atoms with van der Waals surface area (Å²) in [6.45, 7) is 14.5. The van der Waals surface area contributed by atoms with Crippen LogP contribution < -0.4 is 10.4 Å². The molecular weight excluding hydrogens is 572 g/mol. The quantitative estimate of drug-likeness (QED) is 0.202. The average Bonchev–Trinajstić information content (AvgIpc) is 3.17. The number of fused-ring (bicyclic) bond motifs is 6. The summed E-state index contributed by atoms with van der Waals surface area (Å²) in [5.41, 5.74) is 11.3. The fourth-order valence-electron chi connectivity index (χ4n) is 6.36. The normalized spacial score (nSPS) is 16.5. The Kier molecular flexibility index (Phi) is 5.05. The molecule has 176 valence electrons. The molecule has 2 aliphatic carbocycles. The fourth-order valence-corrected chi connectivity index (χ4v) is 9.43. The number of halogens is 2. The summed E-state index contributed by atoms with van der Waals surface area (Å²) in [7, 11) is -1.91. The molecular formula is C32H30Br2Si. The number of hydrogen-bond acceptors (Lipinski definition) is 0. The molecule has 0 spiro atoms. The molecule has 0 nitrogen and oxygen atoms in total. The van der Waals surface area contributed by atoms with Gasteiger partial charge in [-0.2, -0.15) is 0 Å². The first-order valence-electron chi connectivity index (χ1n) is 12.3. The van der Waals surface area contributed by atoms with Gasteiger partial charge in [0, 0.05) is 19.8 Å². The van der Waals surface area contributed by atoms with E-state index in [9.17, 15) is 0 Å². The van der Waals surface area contributed by atoms with Crippen LogP contribution in [0.3, 0.4) is 0 Å². The van der Waals surface area contributed by atoms with E-state index < -0.39 is 8.07 Å². The van der Waals surface area contributed by atoms with Gasteiger partial charge in [-0.25, -0.2) is 0 Å². The van der Waals surface area contributed by atoms with Crippen LogP contribution in [0, 0.1) is 0 Å². The van der Waals surface area contributed by atoms with Gasteiger partial charge in [0.15, 0.2) is 0 Å². The van der Waals surface area contributed by atoms with Crippen molar-refractivity contribution in [1.82, 2.24) is 0 Å². The SMILES string of the molecule is CC1(C)c2cc(Br)ccc2-c2ccc([Si](C)(C)c3ccc4c(c3)C(C)(C)c3cc(Br)ccc3-4)cc21. The van der Waals surface area contributed by atoms with E-state index >= 15 is 0 Å². The van der Waals surface area contributed by atoms with E-state index in [1.54, 1.807) is 0 Å². The third-order valence-corrected chi connectivity index (χ3v) is 13.2. The lowest BCUT2D eigenvalue weighted by Gasteiger charge is -2.29. The molecule has 0 aliphatic heterocycles. The minimum absolute atomic E-state index is 0.00386. The Bertz CT molecular complexity index is 1430. The summed E-state index contributed by atoms with van der Waals surface area (Å²) in [6.07, 6.45) is 0. The Hall–Kier alpha value is -1.94. The van der Waals surface area contributed by atoms with Crippen LogP contribution in [0.2, 0.25) is 13.1 Å². The van der Waals surface area contributed by atoms with E-state index in [2.05, 4.69) is 145 Å². The summed E-state index contributed by atoms with van der Waals surface area (Å²) in [4.78, 5) is 0. The van der Waals surface area contributed by atoms with Crippen molar-refractivity contribution in [1.29, 1.82) is 0 Å². The highest BCUT2D eigenvalue weighted by Gasteiger charge is 2.39. The second-order valence-corrected chi connectivity index (χ2v) is 18.0. The maximum Gasteiger partial charge on any atom is 0.112 e. The predicted octanol–water partition coefficient (Wildman–Crippen LogP) is 8.65. The van der Waals surface area contributed by atoms with Crippen LogP contribution in [0.15, 0.2) is 81.7 Å². The topological polar surface area (TPSA) is 0 Å². The van der Waals surface area contributed by atoms with Crippen LogP contribution in [0.25, 0.3) is 22.3 Å². The van der Waals surface area contributed by atoms with Crippen molar-refractivity contribution in [3.8, 4) is 22.3 Å². The summed E-state index contributed by atoms with van der Waals surface area (Å²) < 4.78 is 2.31. The fraction of sp³-hybridized carbons (Fsp3) is 0.250. The van der Waals surface area contributed by atoms with Crippen molar-refractivity contribution >= 4 is 50.3 Å². The van der Waals surface area contributed by atoms with Crippen LogP contribution in [0.4, 0.5) is 0 Å². The molecule has 0 amide bonds. The van der Waals surface area contributed by atoms with E-state index in [0.29, 0.717) is 0 Å². The van der Waals surface area contributed by atoms with Gasteiger partial charge in [-0.3, -0.25) is 0 Å². The van der Waals surface area contributed by atoms with Gasteiger partial charge in [-0.1, -0.05) is 132 Å². The van der Waals surface area contributed by atoms with Crippen LogP contribution >= 0.6 is 31.9 Å². The van der Waals surface area contributed by atoms with Crippen LogP contribution in [0.1, 0.15) is 49.9 Å². The van der Waals surface area contributed by atoms with Crippen molar-refractivity contribution in [2.75, 3.05) is 0 Å². The molecule has 0 saturated carbocycles. The molecule has 0 fully saturated rings. The Morgan fingerprint density at radius 1 is 0.486 bits per heavy atom. The van der Waals surface area contributed by atoms with Gasteiger partial charge in [0.25, 0.3) is 0 Å². The molecule has 6 rings (SSSR count). The zero-order valence-electron chi connectivity index (χ0n) is 21.2. The summed E-state index contributed by atoms with van der Waals surface area (Å²) >= 11 is 7.38. The van der Waals surface area contributed by atoms with Crippen molar-refractivity contribution in [2.45, 2.75) is 51.6 Å². The Balaban J connectivity index is 1.46. The third kappa shape index (κ3) is 3.27. The van der Waals surface area contributed by atoms with E-state index in [1.807, 2.05) is 0 Å². The van der Waals surface area contributed by atoms with Crippen molar-refractivity contribution < 1.29 is 0 Å². The van der Waals surface area contributed by atoms with E-state index in [1.165, 1.54) is 54.9 Å². The van der Waals surface area contributed by atoms with Gasteiger partial charge in [0.2, 0.25) is 0 Å². The zero-order valence-corrected chi connectivity index (χ0v) is 25.4. The van der Waals surface area contributed by atoms with Crippen LogP contribution in [-0.2, 0) is 10.8 Å². The number of hydrogen-bond donors (Lipinski definition) is 0. The first-order valence-corrected chi connectivity index (χ1v) is 16.9. The first kappa shape index (κ1) is 23.5. The zero-order chi connectivity index (χ0) is 24.9. The standard InChI is InChI=1S/C32H30Br2Si/c1-31(2)27-15-19(33)7-11-23(27)25-13-9-21(17-29(25)31)35(5,6)22-10-14-26-24-12-8-20(34)16-28(24)32(3,4)30(26)18-22/h7-18H,1-6H3. The van der Waals surface area contributed by atoms with Crippen LogP contribution in [-0.4, -0.2) is 8.07 Å². The number of rotatable bonds is 2. The van der Waals surface area contributed by atoms with Gasteiger partial charge in [0.05, 0.1) is 0 Å². The first-order chi connectivity index (χ1) is 16.4. The minimum atomic E-state index is -1.91. The van der Waals surface area contributed by atoms with E-state index in [4.69, 9.17) is 0 Å². The van der Waals surface area contributed by atoms with Crippen molar-refractivity contribution in [3.05, 3.63) is 104 Å². The monoisotopic (exact) mass is 600 g/mol. The lowest BCUT2D eigenvalue weighted by Crippen LogP contribution is -2.53. The van der Waals surface area contributed by atoms with Gasteiger partial charge < -0.3 is 0 Å². The molecule has 0 saturated heterocycles. The van der Waals surface area contributed by atoms with Gasteiger partial charge >= 0.3 is 0 Å². The molecule has 0 atom stereocenters. The molecule has 2 aliphatic rings. The smallest absolute Gasteiger partial charge is 0.0620 e. The summed E-state index contributed by atoms with van der Waals surface area (Å²) in [5.74, 6) is 0. The average molecular weight is 602 g/mol. The Labute approximate surface area is 227 Å². The van der Waals surface area contributed by atoms with Crippen molar-refractivity contribution in [2.24, 2.45) is 0 Å². The van der Waals surface area contributed by atoms with E-state index in [-0.39, 0.29) is 10.8 Å². The molecule has 4 aromatic carbocycles. The summed E-state index contributed by atoms with van der Waals surface area (Å²) in [6, 6.07) is 28.1.